The lowest BCUT2D eigenvalue weighted by Gasteiger charge is -2.31. The fourth-order valence-electron chi connectivity index (χ4n) is 4.06. The van der Waals surface area contributed by atoms with Crippen LogP contribution in [0.2, 0.25) is 0 Å². The van der Waals surface area contributed by atoms with Crippen LogP contribution in [0.1, 0.15) is 77.6 Å². The first kappa shape index (κ1) is 19.0. The van der Waals surface area contributed by atoms with E-state index in [1.54, 1.807) is 0 Å². The molecule has 2 rings (SSSR count). The number of carbonyl (C=O) groups excluding carboxylic acids is 1. The number of hydrogen-bond acceptors (Lipinski definition) is 3. The molecule has 0 atom stereocenters. The van der Waals surface area contributed by atoms with E-state index in [0.717, 1.165) is 44.4 Å². The van der Waals surface area contributed by atoms with Crippen LogP contribution in [0, 0.1) is 29.1 Å². The molecule has 24 heavy (non-hydrogen) atoms. The summed E-state index contributed by atoms with van der Waals surface area (Å²) in [6, 6.07) is 1.52. The second-order valence-electron chi connectivity index (χ2n) is 7.46. The summed E-state index contributed by atoms with van der Waals surface area (Å²) in [4.78, 5) is 12.3. The van der Waals surface area contributed by atoms with Crippen molar-refractivity contribution >= 4 is 5.97 Å². The van der Waals surface area contributed by atoms with Crippen molar-refractivity contribution in [2.45, 2.75) is 83.7 Å². The first-order valence-electron chi connectivity index (χ1n) is 9.60. The summed E-state index contributed by atoms with van der Waals surface area (Å²) in [5, 5.41) is 8.49. The van der Waals surface area contributed by atoms with Crippen LogP contribution in [-0.2, 0) is 9.53 Å². The van der Waals surface area contributed by atoms with Gasteiger partial charge in [0.15, 0.2) is 5.83 Å². The summed E-state index contributed by atoms with van der Waals surface area (Å²) >= 11 is 0. The number of rotatable bonds is 6. The zero-order valence-corrected chi connectivity index (χ0v) is 14.8. The summed E-state index contributed by atoms with van der Waals surface area (Å²) < 4.78 is 18.7. The number of hydrogen-bond donors (Lipinski definition) is 0. The summed E-state index contributed by atoms with van der Waals surface area (Å²) in [7, 11) is 0. The van der Waals surface area contributed by atoms with Crippen LogP contribution in [0.5, 0.6) is 0 Å². The van der Waals surface area contributed by atoms with E-state index in [2.05, 4.69) is 6.92 Å². The Balaban J connectivity index is 1.68. The third kappa shape index (κ3) is 5.92. The Hall–Kier alpha value is -1.37. The largest absolute Gasteiger partial charge is 0.462 e. The van der Waals surface area contributed by atoms with Gasteiger partial charge in [-0.3, -0.25) is 4.79 Å². The van der Waals surface area contributed by atoms with Gasteiger partial charge in [-0.1, -0.05) is 26.2 Å². The monoisotopic (exact) mass is 335 g/mol. The Morgan fingerprint density at radius 1 is 1.17 bits per heavy atom. The number of nitriles is 1. The molecule has 2 aliphatic carbocycles. The lowest BCUT2D eigenvalue weighted by atomic mass is 9.81. The molecule has 0 aromatic heterocycles. The topological polar surface area (TPSA) is 50.1 Å². The minimum Gasteiger partial charge on any atom is -0.462 e. The molecule has 0 spiro atoms. The van der Waals surface area contributed by atoms with Crippen molar-refractivity contribution in [3.8, 4) is 6.07 Å². The third-order valence-electron chi connectivity index (χ3n) is 5.64. The Labute approximate surface area is 145 Å². The molecule has 0 unspecified atom stereocenters. The number of carbonyl (C=O) groups is 1. The predicted molar refractivity (Wildman–Crippen MR) is 91.6 cm³/mol. The zero-order valence-electron chi connectivity index (χ0n) is 14.8. The van der Waals surface area contributed by atoms with E-state index < -0.39 is 5.83 Å². The Kier molecular flexibility index (Phi) is 7.75. The first-order valence-corrected chi connectivity index (χ1v) is 9.60. The van der Waals surface area contributed by atoms with Crippen LogP contribution in [0.25, 0.3) is 0 Å². The highest BCUT2D eigenvalue weighted by Crippen LogP contribution is 2.34. The van der Waals surface area contributed by atoms with Crippen molar-refractivity contribution < 1.29 is 13.9 Å². The van der Waals surface area contributed by atoms with Crippen molar-refractivity contribution in [1.29, 1.82) is 5.26 Å². The summed E-state index contributed by atoms with van der Waals surface area (Å²) in [6.07, 6.45) is 12.8. The van der Waals surface area contributed by atoms with Crippen molar-refractivity contribution in [3.05, 3.63) is 11.9 Å². The maximum Gasteiger partial charge on any atom is 0.309 e. The highest BCUT2D eigenvalue weighted by molar-refractivity contribution is 5.72. The number of ether oxygens (including phenoxy) is 1. The molecule has 0 N–H and O–H groups in total. The molecule has 0 aromatic rings. The smallest absolute Gasteiger partial charge is 0.309 e. The van der Waals surface area contributed by atoms with E-state index in [1.807, 2.05) is 0 Å². The lowest BCUT2D eigenvalue weighted by molar-refractivity contribution is -0.157. The van der Waals surface area contributed by atoms with Gasteiger partial charge in [0.2, 0.25) is 0 Å². The molecule has 0 aliphatic heterocycles. The van der Waals surface area contributed by atoms with Gasteiger partial charge >= 0.3 is 5.97 Å². The fraction of sp³-hybridized carbons (Fsp3) is 0.800. The van der Waals surface area contributed by atoms with Crippen molar-refractivity contribution in [2.75, 3.05) is 0 Å². The molecular formula is C20H30FNO2. The average molecular weight is 335 g/mol. The maximum absolute atomic E-state index is 13.0. The van der Waals surface area contributed by atoms with E-state index in [9.17, 15) is 9.18 Å². The molecule has 3 nitrogen and oxygen atoms in total. The number of halogens is 1. The Morgan fingerprint density at radius 2 is 1.83 bits per heavy atom. The number of nitrogens with zero attached hydrogens (tertiary/aromatic N) is 1. The number of esters is 1. The molecule has 0 aromatic carbocycles. The van der Waals surface area contributed by atoms with Crippen LogP contribution in [0.4, 0.5) is 4.39 Å². The van der Waals surface area contributed by atoms with Gasteiger partial charge in [-0.25, -0.2) is 0 Å². The van der Waals surface area contributed by atoms with E-state index >= 15 is 0 Å². The standard InChI is InChI=1S/C20H30FNO2/c1-2-3-4-15-7-11-19(12-8-15)24-20(23)17-9-5-16(6-10-17)13-18(21)14-22/h13,15-17,19H,2-12H2,1H3. The highest BCUT2D eigenvalue weighted by atomic mass is 19.1. The van der Waals surface area contributed by atoms with Gasteiger partial charge in [-0.15, -0.1) is 0 Å². The van der Waals surface area contributed by atoms with Crippen LogP contribution in [-0.4, -0.2) is 12.1 Å². The van der Waals surface area contributed by atoms with Gasteiger partial charge in [0.05, 0.1) is 5.92 Å². The molecule has 2 fully saturated rings. The quantitative estimate of drug-likeness (QED) is 0.478. The van der Waals surface area contributed by atoms with Gasteiger partial charge in [0.1, 0.15) is 12.2 Å². The Bertz CT molecular complexity index is 467. The molecule has 0 saturated heterocycles. The van der Waals surface area contributed by atoms with Crippen molar-refractivity contribution in [1.82, 2.24) is 0 Å². The molecule has 134 valence electrons. The Morgan fingerprint density at radius 3 is 2.42 bits per heavy atom. The summed E-state index contributed by atoms with van der Waals surface area (Å²) in [6.45, 7) is 2.23. The van der Waals surface area contributed by atoms with Crippen molar-refractivity contribution in [2.24, 2.45) is 17.8 Å². The zero-order chi connectivity index (χ0) is 17.4. The van der Waals surface area contributed by atoms with Crippen molar-refractivity contribution in [3.63, 3.8) is 0 Å². The highest BCUT2D eigenvalue weighted by Gasteiger charge is 2.30. The van der Waals surface area contributed by atoms with Crippen LogP contribution in [0.15, 0.2) is 11.9 Å². The van der Waals surface area contributed by atoms with Crippen LogP contribution < -0.4 is 0 Å². The van der Waals surface area contributed by atoms with Gasteiger partial charge in [0, 0.05) is 0 Å². The molecule has 2 saturated carbocycles. The predicted octanol–water partition coefficient (Wildman–Crippen LogP) is 5.46. The van der Waals surface area contributed by atoms with E-state index in [1.165, 1.54) is 44.2 Å². The van der Waals surface area contributed by atoms with E-state index in [4.69, 9.17) is 10.00 Å². The van der Waals surface area contributed by atoms with E-state index in [-0.39, 0.29) is 23.9 Å². The van der Waals surface area contributed by atoms with E-state index in [0.29, 0.717) is 0 Å². The summed E-state index contributed by atoms with van der Waals surface area (Å²) in [5.74, 6) is 0.0912. The number of unbranched alkanes of at least 4 members (excludes halogenated alkanes) is 1. The van der Waals surface area contributed by atoms with Gasteiger partial charge in [-0.2, -0.15) is 9.65 Å². The first-order chi connectivity index (χ1) is 11.6. The average Bonchev–Trinajstić information content (AvgIpc) is 2.61. The van der Waals surface area contributed by atoms with Gasteiger partial charge < -0.3 is 4.74 Å². The second kappa shape index (κ2) is 9.81. The molecule has 0 radical (unpaired) electrons. The lowest BCUT2D eigenvalue weighted by Crippen LogP contribution is -2.30. The van der Waals surface area contributed by atoms with Crippen LogP contribution >= 0.6 is 0 Å². The normalized spacial score (nSPS) is 31.3. The molecular weight excluding hydrogens is 305 g/mol. The minimum absolute atomic E-state index is 0.0439. The van der Waals surface area contributed by atoms with Crippen LogP contribution in [0.3, 0.4) is 0 Å². The third-order valence-corrected chi connectivity index (χ3v) is 5.64. The molecule has 0 amide bonds. The fourth-order valence-corrected chi connectivity index (χ4v) is 4.06. The van der Waals surface area contributed by atoms with Gasteiger partial charge in [-0.05, 0) is 69.3 Å². The van der Waals surface area contributed by atoms with Gasteiger partial charge in [0.25, 0.3) is 0 Å². The number of allylic oxidation sites excluding steroid dienone is 2. The molecule has 2 aliphatic rings. The SMILES string of the molecule is CCCCC1CCC(OC(=O)C2CCC(C=C(F)C#N)CC2)CC1. The molecule has 4 heteroatoms. The second-order valence-corrected chi connectivity index (χ2v) is 7.46. The molecule has 0 heterocycles. The molecule has 0 bridgehead atoms. The summed E-state index contributed by atoms with van der Waals surface area (Å²) in [5.41, 5.74) is 0. The minimum atomic E-state index is -0.708. The maximum atomic E-state index is 13.0.